The highest BCUT2D eigenvalue weighted by atomic mass is 32.2. The second-order valence-electron chi connectivity index (χ2n) is 12.3. The average molecular weight is 536 g/mol. The number of carbonyl (C=O) groups is 1. The third-order valence-electron chi connectivity index (χ3n) is 7.11. The maximum Gasteiger partial charge on any atom is 0.314 e. The second-order valence-corrected chi connectivity index (χ2v) is 20.1. The summed E-state index contributed by atoms with van der Waals surface area (Å²) >= 11 is -1.29. The van der Waals surface area contributed by atoms with Gasteiger partial charge in [0.05, 0.1) is 19.1 Å². The summed E-state index contributed by atoms with van der Waals surface area (Å²) in [6.07, 6.45) is 4.84. The largest absolute Gasteiger partial charge is 0.597 e. The lowest BCUT2D eigenvalue weighted by atomic mass is 9.72. The normalized spacial score (nSPS) is 19.8. The Morgan fingerprint density at radius 1 is 1.28 bits per heavy atom. The van der Waals surface area contributed by atoms with Gasteiger partial charge in [0, 0.05) is 26.0 Å². The van der Waals surface area contributed by atoms with Gasteiger partial charge in [-0.2, -0.15) is 0 Å². The van der Waals surface area contributed by atoms with E-state index in [1.165, 1.54) is 0 Å². The standard InChI is InChI=1S/C28H45NO5SSi/c1-8-16-34-26(30)25(22-10-9-11-22)23-12-14-24(15-13-23)28(19-33-20-28)29(35(31)27(2,3)4)21-32-17-18-36(5,6)7/h8,12-15,22,25H,1,9-11,16-21H2,2-7H3. The highest BCUT2D eigenvalue weighted by Crippen LogP contribution is 2.43. The Morgan fingerprint density at radius 3 is 2.36 bits per heavy atom. The van der Waals surface area contributed by atoms with Gasteiger partial charge in [-0.25, -0.2) is 0 Å². The molecule has 2 unspecified atom stereocenters. The quantitative estimate of drug-likeness (QED) is 0.0818. The van der Waals surface area contributed by atoms with Crippen molar-refractivity contribution in [3.63, 3.8) is 0 Å². The van der Waals surface area contributed by atoms with Gasteiger partial charge in [-0.15, -0.1) is 0 Å². The summed E-state index contributed by atoms with van der Waals surface area (Å²) < 4.78 is 32.5. The molecule has 8 heteroatoms. The van der Waals surface area contributed by atoms with Crippen molar-refractivity contribution >= 4 is 25.4 Å². The van der Waals surface area contributed by atoms with E-state index in [2.05, 4.69) is 38.4 Å². The predicted octanol–water partition coefficient (Wildman–Crippen LogP) is 5.60. The van der Waals surface area contributed by atoms with Crippen molar-refractivity contribution in [2.24, 2.45) is 5.92 Å². The zero-order chi connectivity index (χ0) is 26.6. The molecule has 3 rings (SSSR count). The molecule has 0 amide bonds. The van der Waals surface area contributed by atoms with E-state index in [1.54, 1.807) is 6.08 Å². The van der Waals surface area contributed by atoms with Crippen LogP contribution >= 0.6 is 0 Å². The number of ether oxygens (including phenoxy) is 3. The lowest BCUT2D eigenvalue weighted by molar-refractivity contribution is -0.146. The smallest absolute Gasteiger partial charge is 0.314 e. The Morgan fingerprint density at radius 2 is 1.92 bits per heavy atom. The lowest BCUT2D eigenvalue weighted by Gasteiger charge is -2.50. The van der Waals surface area contributed by atoms with Crippen molar-refractivity contribution in [1.82, 2.24) is 4.31 Å². The van der Waals surface area contributed by atoms with E-state index < -0.39 is 29.7 Å². The van der Waals surface area contributed by atoms with Crippen LogP contribution in [0.5, 0.6) is 0 Å². The first-order valence-corrected chi connectivity index (χ1v) is 17.9. The fourth-order valence-electron chi connectivity index (χ4n) is 4.54. The van der Waals surface area contributed by atoms with Gasteiger partial charge in [0.15, 0.2) is 0 Å². The Balaban J connectivity index is 1.84. The van der Waals surface area contributed by atoms with E-state index >= 15 is 0 Å². The van der Waals surface area contributed by atoms with Crippen LogP contribution in [0.25, 0.3) is 0 Å². The molecule has 0 aromatic heterocycles. The zero-order valence-electron chi connectivity index (χ0n) is 23.0. The minimum absolute atomic E-state index is 0.180. The van der Waals surface area contributed by atoms with Crippen molar-refractivity contribution in [2.75, 3.05) is 33.2 Å². The summed E-state index contributed by atoms with van der Waals surface area (Å²) in [5, 5.41) is 0. The van der Waals surface area contributed by atoms with Crippen LogP contribution in [0.1, 0.15) is 57.1 Å². The minimum atomic E-state index is -1.29. The van der Waals surface area contributed by atoms with E-state index in [0.717, 1.165) is 36.4 Å². The number of carbonyl (C=O) groups excluding carboxylic acids is 1. The molecule has 0 bridgehead atoms. The fraction of sp³-hybridized carbons (Fsp3) is 0.679. The highest BCUT2D eigenvalue weighted by molar-refractivity contribution is 7.90. The molecular weight excluding hydrogens is 490 g/mol. The first-order chi connectivity index (χ1) is 16.9. The summed E-state index contributed by atoms with van der Waals surface area (Å²) in [4.78, 5) is 12.9. The van der Waals surface area contributed by atoms with Crippen molar-refractivity contribution in [1.29, 1.82) is 0 Å². The Labute approximate surface area is 222 Å². The van der Waals surface area contributed by atoms with Gasteiger partial charge in [-0.3, -0.25) is 4.79 Å². The van der Waals surface area contributed by atoms with Gasteiger partial charge >= 0.3 is 5.97 Å². The Kier molecular flexibility index (Phi) is 9.91. The van der Waals surface area contributed by atoms with Crippen molar-refractivity contribution in [2.45, 2.75) is 81.9 Å². The van der Waals surface area contributed by atoms with Crippen molar-refractivity contribution in [3.05, 3.63) is 48.0 Å². The van der Waals surface area contributed by atoms with Crippen LogP contribution in [-0.2, 0) is 35.9 Å². The predicted molar refractivity (Wildman–Crippen MR) is 149 cm³/mol. The van der Waals surface area contributed by atoms with Crippen LogP contribution in [0.2, 0.25) is 25.7 Å². The fourth-order valence-corrected chi connectivity index (χ4v) is 6.66. The van der Waals surface area contributed by atoms with Crippen LogP contribution in [0.15, 0.2) is 36.9 Å². The van der Waals surface area contributed by atoms with Gasteiger partial charge in [-0.05, 0) is 56.7 Å². The summed E-state index contributed by atoms with van der Waals surface area (Å²) in [5.41, 5.74) is 1.49. The van der Waals surface area contributed by atoms with Crippen LogP contribution < -0.4 is 0 Å². The molecule has 1 saturated heterocycles. The minimum Gasteiger partial charge on any atom is -0.597 e. The molecule has 36 heavy (non-hydrogen) atoms. The first-order valence-electron chi connectivity index (χ1n) is 13.1. The van der Waals surface area contributed by atoms with Crippen molar-refractivity contribution in [3.8, 4) is 0 Å². The van der Waals surface area contributed by atoms with Crippen LogP contribution in [0, 0.1) is 5.92 Å². The molecule has 2 aliphatic rings. The summed E-state index contributed by atoms with van der Waals surface area (Å²) in [5.74, 6) is -0.120. The van der Waals surface area contributed by atoms with E-state index in [-0.39, 0.29) is 25.2 Å². The number of esters is 1. The number of rotatable bonds is 13. The lowest BCUT2D eigenvalue weighted by Crippen LogP contribution is -2.64. The van der Waals surface area contributed by atoms with Gasteiger partial charge in [0.25, 0.3) is 0 Å². The molecule has 1 heterocycles. The number of benzene rings is 1. The van der Waals surface area contributed by atoms with E-state index in [9.17, 15) is 9.35 Å². The molecular formula is C28H45NO5SSi. The molecule has 2 atom stereocenters. The second kappa shape index (κ2) is 12.1. The first kappa shape index (κ1) is 29.4. The molecule has 1 aliphatic heterocycles. The zero-order valence-corrected chi connectivity index (χ0v) is 24.8. The number of hydrogen-bond acceptors (Lipinski definition) is 6. The van der Waals surface area contributed by atoms with E-state index in [1.807, 2.05) is 37.2 Å². The monoisotopic (exact) mass is 535 g/mol. The van der Waals surface area contributed by atoms with Gasteiger partial charge in [0.2, 0.25) is 0 Å². The molecule has 1 aliphatic carbocycles. The highest BCUT2D eigenvalue weighted by Gasteiger charge is 2.54. The van der Waals surface area contributed by atoms with Crippen LogP contribution in [-0.4, -0.2) is 60.8 Å². The Bertz CT molecular complexity index is 871. The third-order valence-corrected chi connectivity index (χ3v) is 10.7. The van der Waals surface area contributed by atoms with Gasteiger partial charge in [0.1, 0.15) is 23.6 Å². The molecule has 1 aromatic carbocycles. The summed E-state index contributed by atoms with van der Waals surface area (Å²) in [6, 6.07) is 9.28. The molecule has 2 fully saturated rings. The van der Waals surface area contributed by atoms with Crippen LogP contribution in [0.4, 0.5) is 0 Å². The molecule has 0 N–H and O–H groups in total. The van der Waals surface area contributed by atoms with E-state index in [4.69, 9.17) is 14.2 Å². The van der Waals surface area contributed by atoms with Crippen LogP contribution in [0.3, 0.4) is 0 Å². The Hall–Kier alpha value is -1.16. The molecule has 0 spiro atoms. The van der Waals surface area contributed by atoms with E-state index in [0.29, 0.717) is 25.7 Å². The third kappa shape index (κ3) is 7.02. The molecule has 1 aromatic rings. The summed E-state index contributed by atoms with van der Waals surface area (Å²) in [7, 11) is -1.23. The maximum atomic E-state index is 13.7. The molecule has 1 saturated carbocycles. The number of nitrogens with zero attached hydrogens (tertiary/aromatic N) is 1. The van der Waals surface area contributed by atoms with Gasteiger partial charge in [-0.1, -0.05) is 67.3 Å². The molecule has 202 valence electrons. The molecule has 0 radical (unpaired) electrons. The number of hydrogen-bond donors (Lipinski definition) is 0. The van der Waals surface area contributed by atoms with Gasteiger partial charge < -0.3 is 18.8 Å². The average Bonchev–Trinajstić information content (AvgIpc) is 2.74. The topological polar surface area (TPSA) is 71.1 Å². The van der Waals surface area contributed by atoms with Crippen molar-refractivity contribution < 1.29 is 23.6 Å². The SMILES string of the molecule is C=CCOC(=O)C(c1ccc(C2(N(COCC[Si](C)(C)C)[S+]([O-])C(C)(C)C)COC2)cc1)C1CCC1. The maximum absolute atomic E-state index is 13.7. The summed E-state index contributed by atoms with van der Waals surface area (Å²) in [6.45, 7) is 18.7. The molecule has 6 nitrogen and oxygen atoms in total.